The number of rotatable bonds is 8. The third-order valence-corrected chi connectivity index (χ3v) is 4.28. The number of aliphatic hydroxyl groups is 1. The molecule has 2 rings (SSSR count). The average molecular weight is 299 g/mol. The molecule has 1 saturated carbocycles. The van der Waals surface area contributed by atoms with Crippen LogP contribution in [-0.4, -0.2) is 24.4 Å². The molecular weight excluding hydrogens is 276 g/mol. The average Bonchev–Trinajstić information content (AvgIpc) is 3.17. The van der Waals surface area contributed by atoms with E-state index in [4.69, 9.17) is 15.6 Å². The minimum atomic E-state index is -0.643. The largest absolute Gasteiger partial charge is 0.396 e. The minimum absolute atomic E-state index is 0.0270. The third kappa shape index (κ3) is 4.22. The molecule has 0 heterocycles. The molecule has 3 N–H and O–H groups in total. The van der Waals surface area contributed by atoms with E-state index < -0.39 is 17.7 Å². The highest BCUT2D eigenvalue weighted by Gasteiger charge is 2.45. The van der Waals surface area contributed by atoms with Crippen LogP contribution in [-0.2, 0) is 4.74 Å². The first-order valence-corrected chi connectivity index (χ1v) is 7.39. The molecule has 0 aliphatic heterocycles. The summed E-state index contributed by atoms with van der Waals surface area (Å²) in [5, 5.41) is 8.95. The fourth-order valence-electron chi connectivity index (χ4n) is 2.54. The zero-order valence-electron chi connectivity index (χ0n) is 12.3. The Hall–Kier alpha value is -1.04. The second-order valence-corrected chi connectivity index (χ2v) is 6.11. The van der Waals surface area contributed by atoms with Crippen LogP contribution in [0.5, 0.6) is 0 Å². The number of ether oxygens (including phenoxy) is 1. The molecule has 2 atom stereocenters. The van der Waals surface area contributed by atoms with Gasteiger partial charge in [0.2, 0.25) is 0 Å². The van der Waals surface area contributed by atoms with E-state index in [-0.39, 0.29) is 30.3 Å². The van der Waals surface area contributed by atoms with Gasteiger partial charge in [-0.05, 0) is 37.2 Å². The summed E-state index contributed by atoms with van der Waals surface area (Å²) in [6.07, 6.45) is 3.68. The molecule has 0 unspecified atom stereocenters. The van der Waals surface area contributed by atoms with Crippen LogP contribution in [0.4, 0.5) is 8.78 Å². The van der Waals surface area contributed by atoms with E-state index in [0.717, 1.165) is 25.3 Å². The van der Waals surface area contributed by atoms with Crippen molar-refractivity contribution in [2.24, 2.45) is 11.1 Å². The van der Waals surface area contributed by atoms with Crippen LogP contribution in [0.3, 0.4) is 0 Å². The minimum Gasteiger partial charge on any atom is -0.396 e. The van der Waals surface area contributed by atoms with Gasteiger partial charge in [-0.1, -0.05) is 13.0 Å². The first kappa shape index (κ1) is 16.3. The third-order valence-electron chi connectivity index (χ3n) is 4.28. The van der Waals surface area contributed by atoms with Crippen LogP contribution in [0.15, 0.2) is 18.2 Å². The Bertz CT molecular complexity index is 477. The summed E-state index contributed by atoms with van der Waals surface area (Å²) < 4.78 is 32.4. The Morgan fingerprint density at radius 2 is 2.10 bits per heavy atom. The van der Waals surface area contributed by atoms with Gasteiger partial charge in [-0.25, -0.2) is 8.78 Å². The lowest BCUT2D eigenvalue weighted by molar-refractivity contribution is -0.00848. The molecule has 0 amide bonds. The molecule has 0 aromatic heterocycles. The van der Waals surface area contributed by atoms with Gasteiger partial charge in [0.15, 0.2) is 0 Å². The van der Waals surface area contributed by atoms with Crippen molar-refractivity contribution in [3.8, 4) is 0 Å². The van der Waals surface area contributed by atoms with Crippen LogP contribution < -0.4 is 5.73 Å². The molecule has 5 heteroatoms. The van der Waals surface area contributed by atoms with Gasteiger partial charge in [-0.3, -0.25) is 0 Å². The first-order valence-electron chi connectivity index (χ1n) is 7.39. The molecule has 3 nitrogen and oxygen atoms in total. The topological polar surface area (TPSA) is 55.5 Å². The number of aliphatic hydroxyl groups excluding tert-OH is 1. The van der Waals surface area contributed by atoms with Crippen molar-refractivity contribution in [1.82, 2.24) is 0 Å². The molecule has 1 aromatic rings. The highest BCUT2D eigenvalue weighted by atomic mass is 19.1. The second-order valence-electron chi connectivity index (χ2n) is 6.11. The highest BCUT2D eigenvalue weighted by Crippen LogP contribution is 2.50. The Balaban J connectivity index is 1.93. The van der Waals surface area contributed by atoms with Crippen molar-refractivity contribution in [3.63, 3.8) is 0 Å². The van der Waals surface area contributed by atoms with E-state index in [0.29, 0.717) is 6.42 Å². The fourth-order valence-corrected chi connectivity index (χ4v) is 2.54. The second kappa shape index (κ2) is 6.81. The Labute approximate surface area is 124 Å². The van der Waals surface area contributed by atoms with Gasteiger partial charge < -0.3 is 15.6 Å². The maximum Gasteiger partial charge on any atom is 0.130 e. The normalized spacial score (nSPS) is 19.3. The predicted octanol–water partition coefficient (Wildman–Crippen LogP) is 2.92. The van der Waals surface area contributed by atoms with Crippen molar-refractivity contribution in [3.05, 3.63) is 35.4 Å². The standard InChI is InChI=1S/C16H23F2NO2/c1-16(6-7-16)15(3-2-8-20)21-10-14(19)12-5-4-11(17)9-13(12)18/h4-5,9,14-15,20H,2-3,6-8,10,19H2,1H3/t14-,15-/m1/s1. The molecular formula is C16H23F2NO2. The van der Waals surface area contributed by atoms with E-state index in [9.17, 15) is 8.78 Å². The Morgan fingerprint density at radius 1 is 1.38 bits per heavy atom. The van der Waals surface area contributed by atoms with Crippen LogP contribution in [0.2, 0.25) is 0 Å². The van der Waals surface area contributed by atoms with Crippen LogP contribution in [0, 0.1) is 17.0 Å². The summed E-state index contributed by atoms with van der Waals surface area (Å²) >= 11 is 0. The van der Waals surface area contributed by atoms with Gasteiger partial charge in [0.1, 0.15) is 11.6 Å². The van der Waals surface area contributed by atoms with E-state index in [1.165, 1.54) is 12.1 Å². The van der Waals surface area contributed by atoms with Crippen molar-refractivity contribution in [2.75, 3.05) is 13.2 Å². The maximum atomic E-state index is 13.7. The Kier molecular flexibility index (Phi) is 5.30. The first-order chi connectivity index (χ1) is 9.96. The van der Waals surface area contributed by atoms with Crippen molar-refractivity contribution < 1.29 is 18.6 Å². The van der Waals surface area contributed by atoms with Gasteiger partial charge in [0.25, 0.3) is 0 Å². The smallest absolute Gasteiger partial charge is 0.130 e. The summed E-state index contributed by atoms with van der Waals surface area (Å²) in [6, 6.07) is 2.77. The molecule has 0 saturated heterocycles. The number of hydrogen-bond acceptors (Lipinski definition) is 3. The Morgan fingerprint density at radius 3 is 2.67 bits per heavy atom. The van der Waals surface area contributed by atoms with Gasteiger partial charge in [-0.15, -0.1) is 0 Å². The van der Waals surface area contributed by atoms with E-state index in [2.05, 4.69) is 6.92 Å². The molecule has 0 radical (unpaired) electrons. The molecule has 118 valence electrons. The summed E-state index contributed by atoms with van der Waals surface area (Å²) in [7, 11) is 0. The SMILES string of the molecule is CC1([C@@H](CCCO)OC[C@@H](N)c2ccc(F)cc2F)CC1. The summed E-state index contributed by atoms with van der Waals surface area (Å²) in [6.45, 7) is 2.47. The summed E-state index contributed by atoms with van der Waals surface area (Å²) in [4.78, 5) is 0. The quantitative estimate of drug-likeness (QED) is 0.776. The van der Waals surface area contributed by atoms with Crippen molar-refractivity contribution in [2.45, 2.75) is 44.8 Å². The lowest BCUT2D eigenvalue weighted by atomic mass is 9.97. The lowest BCUT2D eigenvalue weighted by Gasteiger charge is -2.25. The van der Waals surface area contributed by atoms with Crippen LogP contribution in [0.1, 0.15) is 44.2 Å². The van der Waals surface area contributed by atoms with Gasteiger partial charge in [-0.2, -0.15) is 0 Å². The van der Waals surface area contributed by atoms with Crippen molar-refractivity contribution >= 4 is 0 Å². The monoisotopic (exact) mass is 299 g/mol. The molecule has 1 aliphatic rings. The van der Waals surface area contributed by atoms with E-state index in [1.807, 2.05) is 0 Å². The number of hydrogen-bond donors (Lipinski definition) is 2. The molecule has 1 fully saturated rings. The lowest BCUT2D eigenvalue weighted by Crippen LogP contribution is -2.28. The number of nitrogens with two attached hydrogens (primary N) is 1. The molecule has 0 bridgehead atoms. The van der Waals surface area contributed by atoms with Gasteiger partial charge >= 0.3 is 0 Å². The van der Waals surface area contributed by atoms with Crippen LogP contribution in [0.25, 0.3) is 0 Å². The van der Waals surface area contributed by atoms with Gasteiger partial charge in [0.05, 0.1) is 18.8 Å². The summed E-state index contributed by atoms with van der Waals surface area (Å²) in [5.41, 5.74) is 6.36. The number of halogens is 2. The van der Waals surface area contributed by atoms with E-state index >= 15 is 0 Å². The maximum absolute atomic E-state index is 13.7. The molecule has 21 heavy (non-hydrogen) atoms. The molecule has 0 spiro atoms. The number of benzene rings is 1. The zero-order chi connectivity index (χ0) is 15.5. The van der Waals surface area contributed by atoms with E-state index in [1.54, 1.807) is 0 Å². The van der Waals surface area contributed by atoms with Crippen LogP contribution >= 0.6 is 0 Å². The predicted molar refractivity (Wildman–Crippen MR) is 76.7 cm³/mol. The molecule has 1 aromatic carbocycles. The summed E-state index contributed by atoms with van der Waals surface area (Å²) in [5.74, 6) is -1.26. The fraction of sp³-hybridized carbons (Fsp3) is 0.625. The zero-order valence-corrected chi connectivity index (χ0v) is 12.3. The van der Waals surface area contributed by atoms with Crippen molar-refractivity contribution in [1.29, 1.82) is 0 Å². The van der Waals surface area contributed by atoms with Gasteiger partial charge in [0, 0.05) is 18.2 Å². The molecule has 1 aliphatic carbocycles. The highest BCUT2D eigenvalue weighted by molar-refractivity contribution is 5.21.